The van der Waals surface area contributed by atoms with E-state index in [1.165, 1.54) is 0 Å². The quantitative estimate of drug-likeness (QED) is 0.901. The molecule has 0 bridgehead atoms. The highest BCUT2D eigenvalue weighted by atomic mass is 16.5. The van der Waals surface area contributed by atoms with Gasteiger partial charge in [0.2, 0.25) is 0 Å². The molecule has 0 spiro atoms. The summed E-state index contributed by atoms with van der Waals surface area (Å²) in [6.07, 6.45) is -0.102. The van der Waals surface area contributed by atoms with Crippen molar-refractivity contribution in [3.63, 3.8) is 0 Å². The fourth-order valence-corrected chi connectivity index (χ4v) is 1.81. The Kier molecular flexibility index (Phi) is 3.37. The summed E-state index contributed by atoms with van der Waals surface area (Å²) in [5.74, 6) is 1.01. The predicted octanol–water partition coefficient (Wildman–Crippen LogP) is 2.89. The average Bonchev–Trinajstić information content (AvgIpc) is 2.76. The van der Waals surface area contributed by atoms with Crippen LogP contribution >= 0.6 is 0 Å². The number of furan rings is 1. The minimum Gasteiger partial charge on any atom is -0.497 e. The summed E-state index contributed by atoms with van der Waals surface area (Å²) in [5, 5.41) is 8.69. The van der Waals surface area contributed by atoms with E-state index in [1.807, 2.05) is 25.1 Å². The number of hydrogen-bond acceptors (Lipinski definition) is 3. The molecule has 0 aliphatic rings. The topological polar surface area (TPSA) is 59.7 Å². The Morgan fingerprint density at radius 3 is 2.72 bits per heavy atom. The number of benzene rings is 1. The fraction of sp³-hybridized carbons (Fsp3) is 0.214. The Morgan fingerprint density at radius 1 is 1.33 bits per heavy atom. The van der Waals surface area contributed by atoms with Gasteiger partial charge in [-0.1, -0.05) is 0 Å². The maximum atomic E-state index is 10.6. The normalized spacial score (nSPS) is 10.3. The van der Waals surface area contributed by atoms with Crippen LogP contribution in [0.15, 0.2) is 34.7 Å². The molecule has 1 N–H and O–H groups in total. The maximum Gasteiger partial charge on any atom is 0.311 e. The molecule has 0 atom stereocenters. The SMILES string of the molecule is COc1ccc(-c2ccc(CC(=O)O)o2)c(C)c1. The van der Waals surface area contributed by atoms with E-state index in [4.69, 9.17) is 14.3 Å². The molecule has 0 saturated heterocycles. The lowest BCUT2D eigenvalue weighted by molar-refractivity contribution is -0.136. The minimum atomic E-state index is -0.901. The number of carboxylic acids is 1. The second-order valence-electron chi connectivity index (χ2n) is 4.02. The molecule has 0 aliphatic heterocycles. The number of carboxylic acid groups (broad SMARTS) is 1. The van der Waals surface area contributed by atoms with E-state index in [-0.39, 0.29) is 6.42 Å². The Labute approximate surface area is 105 Å². The smallest absolute Gasteiger partial charge is 0.311 e. The lowest BCUT2D eigenvalue weighted by Crippen LogP contribution is -1.97. The van der Waals surface area contributed by atoms with Gasteiger partial charge in [-0.2, -0.15) is 0 Å². The van der Waals surface area contributed by atoms with E-state index in [2.05, 4.69) is 0 Å². The summed E-state index contributed by atoms with van der Waals surface area (Å²) in [6.45, 7) is 1.96. The highest BCUT2D eigenvalue weighted by Crippen LogP contribution is 2.28. The zero-order valence-corrected chi connectivity index (χ0v) is 10.3. The van der Waals surface area contributed by atoms with E-state index in [9.17, 15) is 4.79 Å². The Bertz CT molecular complexity index is 569. The first-order chi connectivity index (χ1) is 8.60. The number of ether oxygens (including phenoxy) is 1. The standard InChI is InChI=1S/C14H14O4/c1-9-7-10(17-2)3-5-12(9)13-6-4-11(18-13)8-14(15)16/h3-7H,8H2,1-2H3,(H,15,16). The van der Waals surface area contributed by atoms with Crippen molar-refractivity contribution < 1.29 is 19.1 Å². The van der Waals surface area contributed by atoms with Gasteiger partial charge >= 0.3 is 5.97 Å². The number of aliphatic carboxylic acids is 1. The summed E-state index contributed by atoms with van der Waals surface area (Å²) in [7, 11) is 1.62. The predicted molar refractivity (Wildman–Crippen MR) is 66.8 cm³/mol. The van der Waals surface area contributed by atoms with Crippen LogP contribution in [0.5, 0.6) is 5.75 Å². The molecule has 4 heteroatoms. The molecule has 0 fully saturated rings. The van der Waals surface area contributed by atoms with Crippen LogP contribution in [-0.2, 0) is 11.2 Å². The molecular weight excluding hydrogens is 232 g/mol. The molecule has 94 valence electrons. The summed E-state index contributed by atoms with van der Waals surface area (Å²) in [6, 6.07) is 9.13. The van der Waals surface area contributed by atoms with E-state index in [1.54, 1.807) is 19.2 Å². The Morgan fingerprint density at radius 2 is 2.11 bits per heavy atom. The summed E-state index contributed by atoms with van der Waals surface area (Å²) in [4.78, 5) is 10.6. The van der Waals surface area contributed by atoms with Crippen molar-refractivity contribution in [3.05, 3.63) is 41.7 Å². The third-order valence-corrected chi connectivity index (χ3v) is 2.69. The third kappa shape index (κ3) is 2.53. The molecule has 1 aromatic heterocycles. The largest absolute Gasteiger partial charge is 0.497 e. The second-order valence-corrected chi connectivity index (χ2v) is 4.02. The van der Waals surface area contributed by atoms with Crippen LogP contribution in [-0.4, -0.2) is 18.2 Å². The average molecular weight is 246 g/mol. The zero-order chi connectivity index (χ0) is 13.1. The van der Waals surface area contributed by atoms with Gasteiger partial charge < -0.3 is 14.3 Å². The first-order valence-corrected chi connectivity index (χ1v) is 5.55. The highest BCUT2D eigenvalue weighted by molar-refractivity contribution is 5.70. The van der Waals surface area contributed by atoms with Crippen molar-refractivity contribution in [2.24, 2.45) is 0 Å². The first-order valence-electron chi connectivity index (χ1n) is 5.55. The van der Waals surface area contributed by atoms with Gasteiger partial charge in [0.1, 0.15) is 23.7 Å². The van der Waals surface area contributed by atoms with Gasteiger partial charge in [0.05, 0.1) is 7.11 Å². The van der Waals surface area contributed by atoms with Crippen LogP contribution in [0.3, 0.4) is 0 Å². The van der Waals surface area contributed by atoms with Gasteiger partial charge in [0.15, 0.2) is 0 Å². The summed E-state index contributed by atoms with van der Waals surface area (Å²) in [5.41, 5.74) is 1.96. The number of methoxy groups -OCH3 is 1. The monoisotopic (exact) mass is 246 g/mol. The van der Waals surface area contributed by atoms with Gasteiger partial charge in [-0.3, -0.25) is 4.79 Å². The van der Waals surface area contributed by atoms with Crippen LogP contribution < -0.4 is 4.74 Å². The van der Waals surface area contributed by atoms with Crippen LogP contribution in [0.25, 0.3) is 11.3 Å². The molecular formula is C14H14O4. The number of rotatable bonds is 4. The van der Waals surface area contributed by atoms with Crippen LogP contribution in [0, 0.1) is 6.92 Å². The third-order valence-electron chi connectivity index (χ3n) is 2.69. The van der Waals surface area contributed by atoms with Crippen molar-refractivity contribution >= 4 is 5.97 Å². The lowest BCUT2D eigenvalue weighted by Gasteiger charge is -2.05. The van der Waals surface area contributed by atoms with E-state index in [0.717, 1.165) is 16.9 Å². The minimum absolute atomic E-state index is 0.102. The van der Waals surface area contributed by atoms with Crippen LogP contribution in [0.4, 0.5) is 0 Å². The molecule has 0 aliphatic carbocycles. The van der Waals surface area contributed by atoms with Gasteiger partial charge in [-0.25, -0.2) is 0 Å². The molecule has 4 nitrogen and oxygen atoms in total. The van der Waals surface area contributed by atoms with Gasteiger partial charge in [-0.15, -0.1) is 0 Å². The van der Waals surface area contributed by atoms with Gasteiger partial charge in [0.25, 0.3) is 0 Å². The molecule has 1 heterocycles. The van der Waals surface area contributed by atoms with Crippen molar-refractivity contribution in [1.29, 1.82) is 0 Å². The molecule has 1 aromatic carbocycles. The number of carbonyl (C=O) groups is 1. The van der Waals surface area contributed by atoms with Gasteiger partial charge in [0, 0.05) is 5.56 Å². The fourth-order valence-electron chi connectivity index (χ4n) is 1.81. The first kappa shape index (κ1) is 12.2. The lowest BCUT2D eigenvalue weighted by atomic mass is 10.1. The van der Waals surface area contributed by atoms with Crippen LogP contribution in [0.1, 0.15) is 11.3 Å². The number of aryl methyl sites for hydroxylation is 1. The van der Waals surface area contributed by atoms with E-state index < -0.39 is 5.97 Å². The molecule has 0 radical (unpaired) electrons. The number of hydrogen-bond donors (Lipinski definition) is 1. The molecule has 18 heavy (non-hydrogen) atoms. The van der Waals surface area contributed by atoms with Crippen LogP contribution in [0.2, 0.25) is 0 Å². The highest BCUT2D eigenvalue weighted by Gasteiger charge is 2.10. The van der Waals surface area contributed by atoms with Crippen molar-refractivity contribution in [2.45, 2.75) is 13.3 Å². The van der Waals surface area contributed by atoms with Crippen molar-refractivity contribution in [2.75, 3.05) is 7.11 Å². The Balaban J connectivity index is 2.31. The molecule has 0 unspecified atom stereocenters. The molecule has 0 amide bonds. The molecule has 2 aromatic rings. The van der Waals surface area contributed by atoms with E-state index in [0.29, 0.717) is 11.5 Å². The molecule has 2 rings (SSSR count). The van der Waals surface area contributed by atoms with Gasteiger partial charge in [-0.05, 0) is 42.8 Å². The van der Waals surface area contributed by atoms with Crippen molar-refractivity contribution in [3.8, 4) is 17.1 Å². The molecule has 0 saturated carbocycles. The summed E-state index contributed by atoms with van der Waals surface area (Å²) < 4.78 is 10.6. The maximum absolute atomic E-state index is 10.6. The summed E-state index contributed by atoms with van der Waals surface area (Å²) >= 11 is 0. The van der Waals surface area contributed by atoms with Crippen molar-refractivity contribution in [1.82, 2.24) is 0 Å². The zero-order valence-electron chi connectivity index (χ0n) is 10.3. The second kappa shape index (κ2) is 4.96. The van der Waals surface area contributed by atoms with E-state index >= 15 is 0 Å². The Hall–Kier alpha value is -2.23.